The van der Waals surface area contributed by atoms with E-state index < -0.39 is 12.2 Å². The van der Waals surface area contributed by atoms with Gasteiger partial charge in [0.2, 0.25) is 0 Å². The molecule has 19 heavy (non-hydrogen) atoms. The topological polar surface area (TPSA) is 49.7 Å². The number of ether oxygens (including phenoxy) is 1. The second-order valence-corrected chi connectivity index (χ2v) is 5.48. The van der Waals surface area contributed by atoms with Crippen molar-refractivity contribution in [2.75, 3.05) is 7.11 Å². The first-order valence-electron chi connectivity index (χ1n) is 6.29. The molecule has 0 heterocycles. The van der Waals surface area contributed by atoms with Crippen molar-refractivity contribution in [3.05, 3.63) is 27.7 Å². The number of hydrogen-bond donors (Lipinski definition) is 2. The number of halogens is 2. The lowest BCUT2D eigenvalue weighted by Crippen LogP contribution is -2.24. The van der Waals surface area contributed by atoms with Crippen LogP contribution in [0.3, 0.4) is 0 Å². The minimum absolute atomic E-state index is 0.0884. The minimum atomic E-state index is -0.760. The molecule has 3 unspecified atom stereocenters. The van der Waals surface area contributed by atoms with Gasteiger partial charge in [-0.3, -0.25) is 0 Å². The van der Waals surface area contributed by atoms with Crippen molar-refractivity contribution in [3.8, 4) is 5.75 Å². The van der Waals surface area contributed by atoms with Gasteiger partial charge in [-0.1, -0.05) is 30.1 Å². The third-order valence-corrected chi connectivity index (χ3v) is 3.83. The van der Waals surface area contributed by atoms with E-state index in [0.717, 1.165) is 12.0 Å². The third-order valence-electron chi connectivity index (χ3n) is 3.27. The predicted molar refractivity (Wildman–Crippen MR) is 78.4 cm³/mol. The Hall–Kier alpha value is -0.480. The fourth-order valence-electron chi connectivity index (χ4n) is 2.04. The highest BCUT2D eigenvalue weighted by Crippen LogP contribution is 2.37. The largest absolute Gasteiger partial charge is 0.494 e. The van der Waals surface area contributed by atoms with Gasteiger partial charge < -0.3 is 14.9 Å². The first-order valence-corrected chi connectivity index (χ1v) is 7.05. The molecule has 0 spiro atoms. The van der Waals surface area contributed by atoms with Crippen LogP contribution in [0.25, 0.3) is 0 Å². The van der Waals surface area contributed by atoms with Crippen LogP contribution in [0, 0.1) is 0 Å². The van der Waals surface area contributed by atoms with E-state index in [-0.39, 0.29) is 5.92 Å². The van der Waals surface area contributed by atoms with E-state index in [0.29, 0.717) is 22.2 Å². The summed E-state index contributed by atoms with van der Waals surface area (Å²) < 4.78 is 5.11. The molecule has 0 saturated heterocycles. The Labute approximate surface area is 124 Å². The molecule has 0 aliphatic rings. The molecule has 3 nitrogen and oxygen atoms in total. The zero-order chi connectivity index (χ0) is 14.6. The van der Waals surface area contributed by atoms with Gasteiger partial charge >= 0.3 is 0 Å². The summed E-state index contributed by atoms with van der Waals surface area (Å²) in [5.41, 5.74) is 0.943. The van der Waals surface area contributed by atoms with Crippen LogP contribution in [0.4, 0.5) is 0 Å². The summed E-state index contributed by atoms with van der Waals surface area (Å²) in [5.74, 6) is 0.545. The van der Waals surface area contributed by atoms with E-state index in [1.807, 2.05) is 6.92 Å². The van der Waals surface area contributed by atoms with E-state index in [1.165, 1.54) is 7.11 Å². The number of rotatable bonds is 6. The second-order valence-electron chi connectivity index (χ2n) is 4.67. The molecule has 0 aliphatic carbocycles. The van der Waals surface area contributed by atoms with E-state index in [4.69, 9.17) is 27.9 Å². The Kier molecular flexibility index (Phi) is 6.40. The Bertz CT molecular complexity index is 398. The van der Waals surface area contributed by atoms with Crippen LogP contribution < -0.4 is 4.74 Å². The van der Waals surface area contributed by atoms with E-state index in [2.05, 4.69) is 0 Å². The Balaban J connectivity index is 2.99. The van der Waals surface area contributed by atoms with Crippen LogP contribution in [-0.2, 0) is 0 Å². The molecule has 0 bridgehead atoms. The predicted octanol–water partition coefficient (Wildman–Crippen LogP) is 3.63. The summed E-state index contributed by atoms with van der Waals surface area (Å²) >= 11 is 12.2. The van der Waals surface area contributed by atoms with Gasteiger partial charge in [-0.25, -0.2) is 0 Å². The van der Waals surface area contributed by atoms with Crippen molar-refractivity contribution >= 4 is 23.2 Å². The smallest absolute Gasteiger partial charge is 0.156 e. The van der Waals surface area contributed by atoms with E-state index >= 15 is 0 Å². The Morgan fingerprint density at radius 2 is 1.74 bits per heavy atom. The molecule has 5 heteroatoms. The first-order chi connectivity index (χ1) is 8.90. The highest BCUT2D eigenvalue weighted by Gasteiger charge is 2.20. The summed E-state index contributed by atoms with van der Waals surface area (Å²) in [6.07, 6.45) is -0.224. The van der Waals surface area contributed by atoms with Gasteiger partial charge in [0.1, 0.15) is 0 Å². The van der Waals surface area contributed by atoms with Crippen LogP contribution in [0.1, 0.15) is 38.2 Å². The maximum absolute atomic E-state index is 9.79. The molecule has 0 fully saturated rings. The molecule has 2 N–H and O–H groups in total. The average molecular weight is 307 g/mol. The number of aliphatic hydroxyl groups excluding tert-OH is 2. The first kappa shape index (κ1) is 16.6. The molecule has 1 rings (SSSR count). The molecule has 0 saturated carbocycles. The lowest BCUT2D eigenvalue weighted by Gasteiger charge is -2.22. The van der Waals surface area contributed by atoms with Gasteiger partial charge in [-0.05, 0) is 43.4 Å². The lowest BCUT2D eigenvalue weighted by molar-refractivity contribution is 0.0215. The number of methoxy groups -OCH3 is 1. The van der Waals surface area contributed by atoms with E-state index in [9.17, 15) is 10.2 Å². The minimum Gasteiger partial charge on any atom is -0.494 e. The molecular formula is C14H20Cl2O3. The van der Waals surface area contributed by atoms with Crippen molar-refractivity contribution in [1.29, 1.82) is 0 Å². The monoisotopic (exact) mass is 306 g/mol. The summed E-state index contributed by atoms with van der Waals surface area (Å²) in [4.78, 5) is 0. The fraction of sp³-hybridized carbons (Fsp3) is 0.571. The van der Waals surface area contributed by atoms with Crippen molar-refractivity contribution in [3.63, 3.8) is 0 Å². The quantitative estimate of drug-likeness (QED) is 0.844. The lowest BCUT2D eigenvalue weighted by atomic mass is 9.89. The maximum Gasteiger partial charge on any atom is 0.156 e. The van der Waals surface area contributed by atoms with Gasteiger partial charge in [-0.2, -0.15) is 0 Å². The third kappa shape index (κ3) is 4.25. The van der Waals surface area contributed by atoms with Crippen molar-refractivity contribution in [2.24, 2.45) is 0 Å². The number of aliphatic hydroxyl groups is 2. The van der Waals surface area contributed by atoms with Gasteiger partial charge in [0.15, 0.2) is 5.75 Å². The maximum atomic E-state index is 9.79. The summed E-state index contributed by atoms with van der Waals surface area (Å²) in [5, 5.41) is 20.1. The summed E-state index contributed by atoms with van der Waals surface area (Å²) in [6.45, 7) is 3.59. The average Bonchev–Trinajstić information content (AvgIpc) is 2.34. The molecule has 0 radical (unpaired) electrons. The van der Waals surface area contributed by atoms with Crippen molar-refractivity contribution in [1.82, 2.24) is 0 Å². The zero-order valence-corrected chi connectivity index (χ0v) is 12.9. The fourth-order valence-corrected chi connectivity index (χ4v) is 2.70. The zero-order valence-electron chi connectivity index (χ0n) is 11.4. The Morgan fingerprint density at radius 3 is 2.11 bits per heavy atom. The molecule has 1 aromatic carbocycles. The van der Waals surface area contributed by atoms with Crippen LogP contribution in [-0.4, -0.2) is 29.5 Å². The molecule has 3 atom stereocenters. The molecule has 1 aromatic rings. The highest BCUT2D eigenvalue weighted by atomic mass is 35.5. The highest BCUT2D eigenvalue weighted by molar-refractivity contribution is 6.37. The van der Waals surface area contributed by atoms with Gasteiger partial charge in [0.05, 0.1) is 29.4 Å². The number of hydrogen-bond acceptors (Lipinski definition) is 3. The standard InChI is InChI=1S/C14H20Cl2O3/c1-4-9(7-13(18)8(2)17)10-5-11(15)14(19-3)12(16)6-10/h5-6,8-9,13,17-18H,4,7H2,1-3H3. The number of benzene rings is 1. The molecular weight excluding hydrogens is 287 g/mol. The normalized spacial score (nSPS) is 15.9. The van der Waals surface area contributed by atoms with Crippen molar-refractivity contribution < 1.29 is 14.9 Å². The van der Waals surface area contributed by atoms with Gasteiger partial charge in [0.25, 0.3) is 0 Å². The SMILES string of the molecule is CCC(CC(O)C(C)O)c1cc(Cl)c(OC)c(Cl)c1. The summed E-state index contributed by atoms with van der Waals surface area (Å²) in [7, 11) is 1.52. The van der Waals surface area contributed by atoms with Gasteiger partial charge in [-0.15, -0.1) is 0 Å². The van der Waals surface area contributed by atoms with Crippen molar-refractivity contribution in [2.45, 2.75) is 44.8 Å². The molecule has 0 aliphatic heterocycles. The Morgan fingerprint density at radius 1 is 1.21 bits per heavy atom. The molecule has 0 aromatic heterocycles. The van der Waals surface area contributed by atoms with Crippen LogP contribution in [0.2, 0.25) is 10.0 Å². The van der Waals surface area contributed by atoms with E-state index in [1.54, 1.807) is 19.1 Å². The summed E-state index contributed by atoms with van der Waals surface area (Å²) in [6, 6.07) is 3.60. The van der Waals surface area contributed by atoms with Crippen LogP contribution in [0.15, 0.2) is 12.1 Å². The van der Waals surface area contributed by atoms with Crippen LogP contribution >= 0.6 is 23.2 Å². The molecule has 108 valence electrons. The molecule has 0 amide bonds. The van der Waals surface area contributed by atoms with Gasteiger partial charge in [0, 0.05) is 0 Å². The second kappa shape index (κ2) is 7.34. The van der Waals surface area contributed by atoms with Crippen LogP contribution in [0.5, 0.6) is 5.75 Å².